The predicted molar refractivity (Wildman–Crippen MR) is 92.7 cm³/mol. The molecule has 0 aliphatic rings. The highest BCUT2D eigenvalue weighted by atomic mass is 16.5. The standard InChI is InChI=1S/C19H21NO5/c1-19(12-18(22)23,14-7-6-10-16(11-14)24-2)20-17(21)13-25-15-8-4-3-5-9-15/h3-11H,12-13H2,1-2H3,(H,20,21)(H,22,23). The molecule has 6 nitrogen and oxygen atoms in total. The number of aliphatic carboxylic acids is 1. The Kier molecular flexibility index (Phi) is 6.00. The summed E-state index contributed by atoms with van der Waals surface area (Å²) in [4.78, 5) is 23.6. The quantitative estimate of drug-likeness (QED) is 0.769. The molecule has 2 rings (SSSR count). The maximum atomic E-state index is 12.3. The van der Waals surface area contributed by atoms with E-state index in [-0.39, 0.29) is 13.0 Å². The molecule has 6 heteroatoms. The van der Waals surface area contributed by atoms with E-state index in [4.69, 9.17) is 9.47 Å². The van der Waals surface area contributed by atoms with Crippen LogP contribution in [0.1, 0.15) is 18.9 Å². The zero-order chi connectivity index (χ0) is 18.3. The number of nitrogens with one attached hydrogen (secondary N) is 1. The van der Waals surface area contributed by atoms with E-state index < -0.39 is 17.4 Å². The van der Waals surface area contributed by atoms with E-state index >= 15 is 0 Å². The van der Waals surface area contributed by atoms with Crippen molar-refractivity contribution in [2.45, 2.75) is 18.9 Å². The van der Waals surface area contributed by atoms with Crippen LogP contribution in [0.3, 0.4) is 0 Å². The second-order valence-corrected chi connectivity index (χ2v) is 5.78. The Morgan fingerprint density at radius 1 is 1.08 bits per heavy atom. The van der Waals surface area contributed by atoms with E-state index in [9.17, 15) is 14.7 Å². The zero-order valence-electron chi connectivity index (χ0n) is 14.2. The summed E-state index contributed by atoms with van der Waals surface area (Å²) < 4.78 is 10.6. The highest BCUT2D eigenvalue weighted by Gasteiger charge is 2.32. The third-order valence-corrected chi connectivity index (χ3v) is 3.74. The number of benzene rings is 2. The molecule has 0 saturated carbocycles. The van der Waals surface area contributed by atoms with Crippen molar-refractivity contribution in [1.29, 1.82) is 0 Å². The Labute approximate surface area is 146 Å². The summed E-state index contributed by atoms with van der Waals surface area (Å²) in [6.07, 6.45) is -0.267. The van der Waals surface area contributed by atoms with Crippen LogP contribution in [0.2, 0.25) is 0 Å². The van der Waals surface area contributed by atoms with Crippen LogP contribution < -0.4 is 14.8 Å². The van der Waals surface area contributed by atoms with Crippen molar-refractivity contribution in [3.63, 3.8) is 0 Å². The number of carbonyl (C=O) groups excluding carboxylic acids is 1. The van der Waals surface area contributed by atoms with Crippen molar-refractivity contribution < 1.29 is 24.2 Å². The minimum atomic E-state index is -1.09. The van der Waals surface area contributed by atoms with Gasteiger partial charge >= 0.3 is 5.97 Å². The summed E-state index contributed by atoms with van der Waals surface area (Å²) in [5.41, 5.74) is -0.445. The maximum Gasteiger partial charge on any atom is 0.306 e. The number of rotatable bonds is 8. The average molecular weight is 343 g/mol. The van der Waals surface area contributed by atoms with Crippen molar-refractivity contribution in [3.05, 3.63) is 60.2 Å². The van der Waals surface area contributed by atoms with Crippen LogP contribution in [0.15, 0.2) is 54.6 Å². The van der Waals surface area contributed by atoms with Gasteiger partial charge in [0.05, 0.1) is 19.1 Å². The summed E-state index contributed by atoms with van der Waals surface area (Å²) in [7, 11) is 1.53. The van der Waals surface area contributed by atoms with Gasteiger partial charge in [0.15, 0.2) is 6.61 Å². The molecule has 0 heterocycles. The van der Waals surface area contributed by atoms with Crippen LogP contribution in [0, 0.1) is 0 Å². The fraction of sp³-hybridized carbons (Fsp3) is 0.263. The lowest BCUT2D eigenvalue weighted by atomic mass is 9.88. The topological polar surface area (TPSA) is 84.9 Å². The molecule has 0 saturated heterocycles. The number of carboxylic acids is 1. The smallest absolute Gasteiger partial charge is 0.306 e. The lowest BCUT2D eigenvalue weighted by molar-refractivity contribution is -0.139. The van der Waals surface area contributed by atoms with E-state index in [1.165, 1.54) is 7.11 Å². The molecule has 0 fully saturated rings. The highest BCUT2D eigenvalue weighted by molar-refractivity contribution is 5.80. The van der Waals surface area contributed by atoms with Gasteiger partial charge in [0.2, 0.25) is 0 Å². The van der Waals surface area contributed by atoms with E-state index in [1.54, 1.807) is 55.5 Å². The van der Waals surface area contributed by atoms with Crippen LogP contribution in [-0.4, -0.2) is 30.7 Å². The largest absolute Gasteiger partial charge is 0.497 e. The van der Waals surface area contributed by atoms with Gasteiger partial charge in [0.1, 0.15) is 11.5 Å². The predicted octanol–water partition coefficient (Wildman–Crippen LogP) is 2.58. The number of carbonyl (C=O) groups is 2. The first-order chi connectivity index (χ1) is 11.9. The SMILES string of the molecule is COc1cccc(C(C)(CC(=O)O)NC(=O)COc2ccccc2)c1. The van der Waals surface area contributed by atoms with Gasteiger partial charge in [-0.3, -0.25) is 9.59 Å². The Bertz CT molecular complexity index is 732. The summed E-state index contributed by atoms with van der Waals surface area (Å²) in [5, 5.41) is 12.0. The fourth-order valence-corrected chi connectivity index (χ4v) is 2.50. The van der Waals surface area contributed by atoms with E-state index in [0.717, 1.165) is 0 Å². The molecular formula is C19H21NO5. The summed E-state index contributed by atoms with van der Waals surface area (Å²) in [6, 6.07) is 15.9. The number of ether oxygens (including phenoxy) is 2. The lowest BCUT2D eigenvalue weighted by Gasteiger charge is -2.30. The Balaban J connectivity index is 2.13. The number of amides is 1. The average Bonchev–Trinajstić information content (AvgIpc) is 2.60. The highest BCUT2D eigenvalue weighted by Crippen LogP contribution is 2.27. The second-order valence-electron chi connectivity index (χ2n) is 5.78. The first-order valence-corrected chi connectivity index (χ1v) is 7.78. The van der Waals surface area contributed by atoms with E-state index in [2.05, 4.69) is 5.32 Å². The van der Waals surface area contributed by atoms with E-state index in [1.807, 2.05) is 6.07 Å². The first kappa shape index (κ1) is 18.3. The molecule has 2 aromatic carbocycles. The molecule has 1 unspecified atom stereocenters. The van der Waals surface area contributed by atoms with Crippen molar-refractivity contribution >= 4 is 11.9 Å². The molecule has 1 amide bonds. The number of para-hydroxylation sites is 1. The molecule has 0 aromatic heterocycles. The van der Waals surface area contributed by atoms with Gasteiger partial charge in [-0.2, -0.15) is 0 Å². The third-order valence-electron chi connectivity index (χ3n) is 3.74. The van der Waals surface area contributed by atoms with Gasteiger partial charge in [-0.1, -0.05) is 30.3 Å². The molecule has 0 bridgehead atoms. The van der Waals surface area contributed by atoms with Gasteiger partial charge in [-0.05, 0) is 36.8 Å². The monoisotopic (exact) mass is 343 g/mol. The second kappa shape index (κ2) is 8.19. The molecule has 2 N–H and O–H groups in total. The number of hydrogen-bond donors (Lipinski definition) is 2. The van der Waals surface area contributed by atoms with Gasteiger partial charge in [-0.25, -0.2) is 0 Å². The Morgan fingerprint density at radius 2 is 1.76 bits per heavy atom. The number of hydrogen-bond acceptors (Lipinski definition) is 4. The van der Waals surface area contributed by atoms with Crippen molar-refractivity contribution in [2.24, 2.45) is 0 Å². The van der Waals surface area contributed by atoms with E-state index in [0.29, 0.717) is 17.1 Å². The molecule has 0 aliphatic carbocycles. The molecule has 0 spiro atoms. The zero-order valence-corrected chi connectivity index (χ0v) is 14.2. The van der Waals surface area contributed by atoms with Crippen LogP contribution >= 0.6 is 0 Å². The van der Waals surface area contributed by atoms with Gasteiger partial charge in [-0.15, -0.1) is 0 Å². The normalized spacial score (nSPS) is 12.7. The van der Waals surface area contributed by atoms with Crippen LogP contribution in [0.5, 0.6) is 11.5 Å². The van der Waals surface area contributed by atoms with Crippen molar-refractivity contribution in [3.8, 4) is 11.5 Å². The van der Waals surface area contributed by atoms with Crippen molar-refractivity contribution in [1.82, 2.24) is 5.32 Å². The van der Waals surface area contributed by atoms with Crippen LogP contribution in [-0.2, 0) is 15.1 Å². The lowest BCUT2D eigenvalue weighted by Crippen LogP contribution is -2.46. The van der Waals surface area contributed by atoms with Gasteiger partial charge in [0.25, 0.3) is 5.91 Å². The molecule has 0 radical (unpaired) electrons. The minimum absolute atomic E-state index is 0.205. The van der Waals surface area contributed by atoms with Crippen LogP contribution in [0.4, 0.5) is 0 Å². The molecular weight excluding hydrogens is 322 g/mol. The Hall–Kier alpha value is -3.02. The molecule has 25 heavy (non-hydrogen) atoms. The first-order valence-electron chi connectivity index (χ1n) is 7.78. The third kappa shape index (κ3) is 5.24. The Morgan fingerprint density at radius 3 is 2.40 bits per heavy atom. The molecule has 1 atom stereocenters. The number of methoxy groups -OCH3 is 1. The summed E-state index contributed by atoms with van der Waals surface area (Å²) >= 11 is 0. The van der Waals surface area contributed by atoms with Gasteiger partial charge in [0, 0.05) is 0 Å². The molecule has 132 valence electrons. The molecule has 0 aliphatic heterocycles. The molecule has 2 aromatic rings. The van der Waals surface area contributed by atoms with Crippen molar-refractivity contribution in [2.75, 3.05) is 13.7 Å². The van der Waals surface area contributed by atoms with Crippen LogP contribution in [0.25, 0.3) is 0 Å². The number of carboxylic acid groups (broad SMARTS) is 1. The fourth-order valence-electron chi connectivity index (χ4n) is 2.50. The van der Waals surface area contributed by atoms with Gasteiger partial charge < -0.3 is 19.9 Å². The summed E-state index contributed by atoms with van der Waals surface area (Å²) in [6.45, 7) is 1.46. The maximum absolute atomic E-state index is 12.3. The minimum Gasteiger partial charge on any atom is -0.497 e. The summed E-state index contributed by atoms with van der Waals surface area (Å²) in [5.74, 6) is -0.270.